The fraction of sp³-hybridized carbons (Fsp3) is 0.154. The molecule has 1 N–H and O–H groups in total. The van der Waals surface area contributed by atoms with Gasteiger partial charge in [0.05, 0.1) is 18.4 Å². The molecule has 110 valence electrons. The minimum atomic E-state index is -1.09. The summed E-state index contributed by atoms with van der Waals surface area (Å²) in [4.78, 5) is 23.1. The highest BCUT2D eigenvalue weighted by Crippen LogP contribution is 2.21. The van der Waals surface area contributed by atoms with Gasteiger partial charge in [0.2, 0.25) is 0 Å². The highest BCUT2D eigenvalue weighted by Gasteiger charge is 2.19. The number of carbonyl (C=O) groups is 2. The van der Waals surface area contributed by atoms with Crippen molar-refractivity contribution in [3.8, 4) is 0 Å². The molecule has 0 saturated heterocycles. The van der Waals surface area contributed by atoms with Gasteiger partial charge in [0.1, 0.15) is 17.4 Å². The van der Waals surface area contributed by atoms with Crippen molar-refractivity contribution < 1.29 is 27.6 Å². The fourth-order valence-corrected chi connectivity index (χ4v) is 1.57. The number of hydrogen-bond donors (Lipinski definition) is 1. The SMILES string of the molecule is COC(=O)c1cc(NC(=O)c2cc(C)on2)c(F)cc1F. The quantitative estimate of drug-likeness (QED) is 0.879. The fourth-order valence-electron chi connectivity index (χ4n) is 1.57. The Morgan fingerprint density at radius 1 is 1.24 bits per heavy atom. The van der Waals surface area contributed by atoms with Crippen LogP contribution in [0.4, 0.5) is 14.5 Å². The topological polar surface area (TPSA) is 81.4 Å². The van der Waals surface area contributed by atoms with Crippen molar-refractivity contribution in [2.75, 3.05) is 12.4 Å². The van der Waals surface area contributed by atoms with E-state index in [0.717, 1.165) is 13.2 Å². The Morgan fingerprint density at radius 2 is 1.95 bits per heavy atom. The molecule has 0 aliphatic heterocycles. The number of hydrogen-bond acceptors (Lipinski definition) is 5. The summed E-state index contributed by atoms with van der Waals surface area (Å²) < 4.78 is 36.2. The van der Waals surface area contributed by atoms with Gasteiger partial charge < -0.3 is 14.6 Å². The second-order valence-corrected chi connectivity index (χ2v) is 4.08. The van der Waals surface area contributed by atoms with Crippen LogP contribution in [-0.4, -0.2) is 24.1 Å². The standard InChI is InChI=1S/C13H10F2N2O4/c1-6-3-11(17-21-6)12(18)16-10-4-7(13(19)20-2)8(14)5-9(10)15/h3-5H,1-2H3,(H,16,18). The smallest absolute Gasteiger partial charge is 0.340 e. The summed E-state index contributed by atoms with van der Waals surface area (Å²) in [5, 5.41) is 5.63. The largest absolute Gasteiger partial charge is 0.465 e. The van der Waals surface area contributed by atoms with Crippen LogP contribution in [0.5, 0.6) is 0 Å². The Bertz CT molecular complexity index is 712. The van der Waals surface area contributed by atoms with E-state index in [1.54, 1.807) is 6.92 Å². The predicted molar refractivity (Wildman–Crippen MR) is 66.9 cm³/mol. The molecular formula is C13H10F2N2O4. The molecule has 0 saturated carbocycles. The number of nitrogens with zero attached hydrogens (tertiary/aromatic N) is 1. The van der Waals surface area contributed by atoms with Gasteiger partial charge in [-0.3, -0.25) is 4.79 Å². The maximum atomic E-state index is 13.6. The maximum absolute atomic E-state index is 13.6. The number of anilines is 1. The first-order valence-electron chi connectivity index (χ1n) is 5.74. The third-order valence-corrected chi connectivity index (χ3v) is 2.57. The molecule has 8 heteroatoms. The first kappa shape index (κ1) is 14.6. The molecule has 0 aliphatic carbocycles. The van der Waals surface area contributed by atoms with Gasteiger partial charge in [-0.1, -0.05) is 5.16 Å². The van der Waals surface area contributed by atoms with Crippen LogP contribution in [-0.2, 0) is 4.74 Å². The zero-order valence-corrected chi connectivity index (χ0v) is 11.1. The van der Waals surface area contributed by atoms with E-state index in [1.165, 1.54) is 6.07 Å². The molecule has 0 radical (unpaired) electrons. The normalized spacial score (nSPS) is 10.3. The van der Waals surface area contributed by atoms with Gasteiger partial charge in [0.25, 0.3) is 5.91 Å². The summed E-state index contributed by atoms with van der Waals surface area (Å²) in [7, 11) is 1.06. The molecule has 1 aromatic carbocycles. The Kier molecular flexibility index (Phi) is 3.97. The van der Waals surface area contributed by atoms with E-state index in [4.69, 9.17) is 4.52 Å². The number of halogens is 2. The van der Waals surface area contributed by atoms with Crippen LogP contribution in [0.3, 0.4) is 0 Å². The van der Waals surface area contributed by atoms with Crippen LogP contribution >= 0.6 is 0 Å². The van der Waals surface area contributed by atoms with Gasteiger partial charge in [0.15, 0.2) is 5.69 Å². The second kappa shape index (κ2) is 5.70. The van der Waals surface area contributed by atoms with E-state index < -0.39 is 29.1 Å². The highest BCUT2D eigenvalue weighted by atomic mass is 19.1. The van der Waals surface area contributed by atoms with Crippen LogP contribution in [0.25, 0.3) is 0 Å². The zero-order valence-electron chi connectivity index (χ0n) is 11.1. The minimum Gasteiger partial charge on any atom is -0.465 e. The van der Waals surface area contributed by atoms with Crippen molar-refractivity contribution in [2.24, 2.45) is 0 Å². The van der Waals surface area contributed by atoms with Gasteiger partial charge in [-0.15, -0.1) is 0 Å². The number of ether oxygens (including phenoxy) is 1. The summed E-state index contributed by atoms with van der Waals surface area (Å²) >= 11 is 0. The summed E-state index contributed by atoms with van der Waals surface area (Å²) in [5.74, 6) is -3.47. The lowest BCUT2D eigenvalue weighted by Gasteiger charge is -2.07. The molecule has 0 atom stereocenters. The van der Waals surface area contributed by atoms with Gasteiger partial charge in [-0.05, 0) is 13.0 Å². The van der Waals surface area contributed by atoms with E-state index in [0.29, 0.717) is 11.8 Å². The summed E-state index contributed by atoms with van der Waals surface area (Å²) in [5.41, 5.74) is -0.941. The van der Waals surface area contributed by atoms with Crippen LogP contribution in [0.15, 0.2) is 22.7 Å². The predicted octanol–water partition coefficient (Wildman–Crippen LogP) is 2.30. The first-order chi connectivity index (χ1) is 9.92. The Balaban J connectivity index is 2.31. The molecule has 1 amide bonds. The molecule has 0 bridgehead atoms. The Hall–Kier alpha value is -2.77. The van der Waals surface area contributed by atoms with Crippen molar-refractivity contribution in [3.05, 3.63) is 46.9 Å². The van der Waals surface area contributed by atoms with Crippen LogP contribution in [0.2, 0.25) is 0 Å². The number of benzene rings is 1. The highest BCUT2D eigenvalue weighted by molar-refractivity contribution is 6.03. The van der Waals surface area contributed by atoms with Crippen molar-refractivity contribution in [2.45, 2.75) is 6.92 Å². The summed E-state index contributed by atoms with van der Waals surface area (Å²) in [6.45, 7) is 1.58. The Labute approximate surface area is 117 Å². The van der Waals surface area contributed by atoms with Gasteiger partial charge >= 0.3 is 5.97 Å². The number of nitrogens with one attached hydrogen (secondary N) is 1. The van der Waals surface area contributed by atoms with Crippen molar-refractivity contribution in [3.63, 3.8) is 0 Å². The molecule has 0 unspecified atom stereocenters. The maximum Gasteiger partial charge on any atom is 0.340 e. The molecule has 1 heterocycles. The first-order valence-corrected chi connectivity index (χ1v) is 5.74. The van der Waals surface area contributed by atoms with Crippen molar-refractivity contribution >= 4 is 17.6 Å². The van der Waals surface area contributed by atoms with E-state index >= 15 is 0 Å². The minimum absolute atomic E-state index is 0.0733. The third-order valence-electron chi connectivity index (χ3n) is 2.57. The van der Waals surface area contributed by atoms with E-state index in [9.17, 15) is 18.4 Å². The van der Waals surface area contributed by atoms with Crippen LogP contribution in [0.1, 0.15) is 26.6 Å². The number of aryl methyl sites for hydroxylation is 1. The lowest BCUT2D eigenvalue weighted by Crippen LogP contribution is -2.15. The molecule has 6 nitrogen and oxygen atoms in total. The number of carbonyl (C=O) groups excluding carboxylic acids is 2. The molecule has 21 heavy (non-hydrogen) atoms. The average Bonchev–Trinajstić information content (AvgIpc) is 2.87. The van der Waals surface area contributed by atoms with E-state index in [1.807, 2.05) is 0 Å². The lowest BCUT2D eigenvalue weighted by atomic mass is 10.1. The molecular weight excluding hydrogens is 286 g/mol. The molecule has 0 fully saturated rings. The van der Waals surface area contributed by atoms with E-state index in [2.05, 4.69) is 15.2 Å². The number of amides is 1. The second-order valence-electron chi connectivity index (χ2n) is 4.08. The van der Waals surface area contributed by atoms with Gasteiger partial charge in [-0.2, -0.15) is 0 Å². The molecule has 0 spiro atoms. The van der Waals surface area contributed by atoms with Crippen molar-refractivity contribution in [1.82, 2.24) is 5.16 Å². The lowest BCUT2D eigenvalue weighted by molar-refractivity contribution is 0.0595. The summed E-state index contributed by atoms with van der Waals surface area (Å²) in [6, 6.07) is 2.68. The summed E-state index contributed by atoms with van der Waals surface area (Å²) in [6.07, 6.45) is 0. The van der Waals surface area contributed by atoms with Gasteiger partial charge in [0, 0.05) is 12.1 Å². The number of aromatic nitrogens is 1. The Morgan fingerprint density at radius 3 is 2.52 bits per heavy atom. The third kappa shape index (κ3) is 3.04. The van der Waals surface area contributed by atoms with Gasteiger partial charge in [-0.25, -0.2) is 13.6 Å². The van der Waals surface area contributed by atoms with Crippen molar-refractivity contribution in [1.29, 1.82) is 0 Å². The van der Waals surface area contributed by atoms with E-state index in [-0.39, 0.29) is 11.4 Å². The number of esters is 1. The monoisotopic (exact) mass is 296 g/mol. The molecule has 1 aromatic heterocycles. The molecule has 2 aromatic rings. The molecule has 2 rings (SSSR count). The molecule has 0 aliphatic rings. The zero-order chi connectivity index (χ0) is 15.6. The van der Waals surface area contributed by atoms with Crippen LogP contribution in [0, 0.1) is 18.6 Å². The average molecular weight is 296 g/mol. The number of rotatable bonds is 3. The van der Waals surface area contributed by atoms with Crippen LogP contribution < -0.4 is 5.32 Å². The number of methoxy groups -OCH3 is 1.